The molecule has 0 saturated carbocycles. The molecule has 7 heteroatoms. The fraction of sp³-hybridized carbons (Fsp3) is 0.240. The van der Waals surface area contributed by atoms with E-state index in [1.165, 1.54) is 0 Å². The zero-order valence-corrected chi connectivity index (χ0v) is 18.5. The third-order valence-electron chi connectivity index (χ3n) is 5.58. The van der Waals surface area contributed by atoms with Crippen LogP contribution in [0.15, 0.2) is 83.0 Å². The summed E-state index contributed by atoms with van der Waals surface area (Å²) in [7, 11) is 0. The van der Waals surface area contributed by atoms with Gasteiger partial charge in [0.25, 0.3) is 5.56 Å². The normalized spacial score (nSPS) is 14.1. The Kier molecular flexibility index (Phi) is 6.18. The summed E-state index contributed by atoms with van der Waals surface area (Å²) in [5.74, 6) is 0.723. The minimum absolute atomic E-state index is 0.00816. The molecule has 0 amide bonds. The van der Waals surface area contributed by atoms with E-state index >= 15 is 0 Å². The summed E-state index contributed by atoms with van der Waals surface area (Å²) in [5, 5.41) is 1.38. The van der Waals surface area contributed by atoms with Crippen LogP contribution >= 0.6 is 11.8 Å². The van der Waals surface area contributed by atoms with E-state index in [0.717, 1.165) is 46.3 Å². The molecule has 1 aliphatic heterocycles. The standard InChI is InChI=1S/C25H24N4O2S/c30-24-22-16-21(28-12-14-31-15-13-28)6-7-23(22)27-25(32-18-20-8-10-26-11-9-20)29(24)17-19-4-2-1-3-5-19/h1-11,16H,12-15,17-18H2. The van der Waals surface area contributed by atoms with Crippen molar-refractivity contribution in [2.24, 2.45) is 0 Å². The summed E-state index contributed by atoms with van der Waals surface area (Å²) in [6.45, 7) is 3.56. The molecular formula is C25H24N4O2S. The second-order valence-electron chi connectivity index (χ2n) is 7.72. The second-order valence-corrected chi connectivity index (χ2v) is 8.66. The third-order valence-corrected chi connectivity index (χ3v) is 6.63. The quantitative estimate of drug-likeness (QED) is 0.331. The Hall–Kier alpha value is -3.16. The topological polar surface area (TPSA) is 60.3 Å². The van der Waals surface area contributed by atoms with Crippen molar-refractivity contribution in [3.8, 4) is 0 Å². The second kappa shape index (κ2) is 9.54. The first-order chi connectivity index (χ1) is 15.8. The van der Waals surface area contributed by atoms with Gasteiger partial charge in [-0.1, -0.05) is 42.1 Å². The Morgan fingerprint density at radius 2 is 1.72 bits per heavy atom. The number of nitrogens with zero attached hydrogens (tertiary/aromatic N) is 4. The van der Waals surface area contributed by atoms with Crippen molar-refractivity contribution in [2.75, 3.05) is 31.2 Å². The minimum Gasteiger partial charge on any atom is -0.378 e. The molecule has 0 radical (unpaired) electrons. The van der Waals surface area contributed by atoms with Gasteiger partial charge in [-0.3, -0.25) is 14.3 Å². The lowest BCUT2D eigenvalue weighted by molar-refractivity contribution is 0.122. The molecule has 2 aromatic heterocycles. The van der Waals surface area contributed by atoms with Crippen LogP contribution in [0, 0.1) is 0 Å². The SMILES string of the molecule is O=c1c2cc(N3CCOCC3)ccc2nc(SCc2ccncc2)n1Cc1ccccc1. The van der Waals surface area contributed by atoms with Gasteiger partial charge in [-0.2, -0.15) is 0 Å². The molecule has 1 saturated heterocycles. The van der Waals surface area contributed by atoms with Gasteiger partial charge < -0.3 is 9.64 Å². The van der Waals surface area contributed by atoms with Crippen LogP contribution in [0.2, 0.25) is 0 Å². The van der Waals surface area contributed by atoms with E-state index in [1.54, 1.807) is 28.7 Å². The molecule has 2 aromatic carbocycles. The highest BCUT2D eigenvalue weighted by atomic mass is 32.2. The fourth-order valence-corrected chi connectivity index (χ4v) is 4.80. The number of rotatable bonds is 6. The van der Waals surface area contributed by atoms with Crippen molar-refractivity contribution in [1.82, 2.24) is 14.5 Å². The predicted molar refractivity (Wildman–Crippen MR) is 128 cm³/mol. The van der Waals surface area contributed by atoms with Crippen LogP contribution in [-0.4, -0.2) is 40.8 Å². The van der Waals surface area contributed by atoms with Gasteiger partial charge in [0, 0.05) is 36.9 Å². The van der Waals surface area contributed by atoms with E-state index in [2.05, 4.69) is 16.0 Å². The Bertz CT molecular complexity index is 1260. The maximum atomic E-state index is 13.7. The molecule has 0 spiro atoms. The maximum absolute atomic E-state index is 13.7. The summed E-state index contributed by atoms with van der Waals surface area (Å²) in [6.07, 6.45) is 3.57. The summed E-state index contributed by atoms with van der Waals surface area (Å²) >= 11 is 1.58. The van der Waals surface area contributed by atoms with Crippen molar-refractivity contribution in [2.45, 2.75) is 17.5 Å². The number of ether oxygens (including phenoxy) is 1. The summed E-state index contributed by atoms with van der Waals surface area (Å²) in [4.78, 5) is 24.9. The van der Waals surface area contributed by atoms with Gasteiger partial charge in [0.1, 0.15) is 0 Å². The Balaban J connectivity index is 1.55. The van der Waals surface area contributed by atoms with Crippen LogP contribution in [0.5, 0.6) is 0 Å². The number of aromatic nitrogens is 3. The van der Waals surface area contributed by atoms with Gasteiger partial charge in [-0.25, -0.2) is 4.98 Å². The highest BCUT2D eigenvalue weighted by molar-refractivity contribution is 7.98. The molecular weight excluding hydrogens is 420 g/mol. The van der Waals surface area contributed by atoms with Gasteiger partial charge in [0.15, 0.2) is 5.16 Å². The molecule has 0 atom stereocenters. The highest BCUT2D eigenvalue weighted by Crippen LogP contribution is 2.25. The predicted octanol–water partition coefficient (Wildman–Crippen LogP) is 3.97. The number of thioether (sulfide) groups is 1. The lowest BCUT2D eigenvalue weighted by atomic mass is 10.2. The largest absolute Gasteiger partial charge is 0.378 e. The van der Waals surface area contributed by atoms with E-state index in [0.29, 0.717) is 25.1 Å². The van der Waals surface area contributed by atoms with Crippen molar-refractivity contribution in [1.29, 1.82) is 0 Å². The Morgan fingerprint density at radius 1 is 0.938 bits per heavy atom. The molecule has 32 heavy (non-hydrogen) atoms. The van der Waals surface area contributed by atoms with Gasteiger partial charge in [0.05, 0.1) is 30.7 Å². The van der Waals surface area contributed by atoms with Gasteiger partial charge in [-0.15, -0.1) is 0 Å². The number of pyridine rings is 1. The highest BCUT2D eigenvalue weighted by Gasteiger charge is 2.16. The van der Waals surface area contributed by atoms with E-state index < -0.39 is 0 Å². The molecule has 0 unspecified atom stereocenters. The number of benzene rings is 2. The van der Waals surface area contributed by atoms with Crippen LogP contribution in [0.25, 0.3) is 10.9 Å². The average Bonchev–Trinajstić information content (AvgIpc) is 2.86. The molecule has 0 bridgehead atoms. The summed E-state index contributed by atoms with van der Waals surface area (Å²) < 4.78 is 7.27. The maximum Gasteiger partial charge on any atom is 0.262 e. The van der Waals surface area contributed by atoms with Crippen LogP contribution in [0.3, 0.4) is 0 Å². The van der Waals surface area contributed by atoms with Crippen LogP contribution in [-0.2, 0) is 17.0 Å². The van der Waals surface area contributed by atoms with Gasteiger partial charge >= 0.3 is 0 Å². The summed E-state index contributed by atoms with van der Waals surface area (Å²) in [5.41, 5.74) is 3.99. The Labute approximate surface area is 190 Å². The molecule has 5 rings (SSSR count). The zero-order valence-electron chi connectivity index (χ0n) is 17.7. The first kappa shape index (κ1) is 20.7. The molecule has 6 nitrogen and oxygen atoms in total. The Morgan fingerprint density at radius 3 is 2.50 bits per heavy atom. The van der Waals surface area contributed by atoms with Crippen molar-refractivity contribution >= 4 is 28.4 Å². The molecule has 3 heterocycles. The number of hydrogen-bond donors (Lipinski definition) is 0. The van der Waals surface area contributed by atoms with Crippen molar-refractivity contribution < 1.29 is 4.74 Å². The molecule has 0 N–H and O–H groups in total. The monoisotopic (exact) mass is 444 g/mol. The van der Waals surface area contributed by atoms with E-state index in [4.69, 9.17) is 9.72 Å². The molecule has 1 aliphatic rings. The minimum atomic E-state index is -0.00816. The van der Waals surface area contributed by atoms with Gasteiger partial charge in [-0.05, 0) is 41.5 Å². The van der Waals surface area contributed by atoms with E-state index in [9.17, 15) is 4.79 Å². The van der Waals surface area contributed by atoms with E-state index in [1.807, 2.05) is 54.6 Å². The lowest BCUT2D eigenvalue weighted by Crippen LogP contribution is -2.36. The van der Waals surface area contributed by atoms with E-state index in [-0.39, 0.29) is 5.56 Å². The van der Waals surface area contributed by atoms with Crippen LogP contribution < -0.4 is 10.5 Å². The number of hydrogen-bond acceptors (Lipinski definition) is 6. The molecule has 162 valence electrons. The smallest absolute Gasteiger partial charge is 0.262 e. The van der Waals surface area contributed by atoms with Crippen LogP contribution in [0.1, 0.15) is 11.1 Å². The summed E-state index contributed by atoms with van der Waals surface area (Å²) in [6, 6.07) is 20.0. The zero-order chi connectivity index (χ0) is 21.8. The number of fused-ring (bicyclic) bond motifs is 1. The first-order valence-electron chi connectivity index (χ1n) is 10.7. The fourth-order valence-electron chi connectivity index (χ4n) is 3.85. The number of anilines is 1. The van der Waals surface area contributed by atoms with Crippen LogP contribution in [0.4, 0.5) is 5.69 Å². The molecule has 1 fully saturated rings. The average molecular weight is 445 g/mol. The van der Waals surface area contributed by atoms with Crippen molar-refractivity contribution in [3.05, 3.63) is 94.5 Å². The van der Waals surface area contributed by atoms with Gasteiger partial charge in [0.2, 0.25) is 0 Å². The lowest BCUT2D eigenvalue weighted by Gasteiger charge is -2.29. The van der Waals surface area contributed by atoms with Crippen molar-refractivity contribution in [3.63, 3.8) is 0 Å². The molecule has 0 aliphatic carbocycles. The number of morpholine rings is 1. The molecule has 4 aromatic rings. The first-order valence-corrected chi connectivity index (χ1v) is 11.7. The third kappa shape index (κ3) is 4.54.